The van der Waals surface area contributed by atoms with E-state index < -0.39 is 0 Å². The molecule has 1 aromatic rings. The van der Waals surface area contributed by atoms with Crippen LogP contribution in [-0.2, 0) is 4.79 Å². The van der Waals surface area contributed by atoms with Gasteiger partial charge in [-0.3, -0.25) is 4.79 Å². The van der Waals surface area contributed by atoms with Gasteiger partial charge in [0.25, 0.3) is 0 Å². The lowest BCUT2D eigenvalue weighted by Gasteiger charge is -2.31. The smallest absolute Gasteiger partial charge is 0.223 e. The fourth-order valence-corrected chi connectivity index (χ4v) is 2.31. The summed E-state index contributed by atoms with van der Waals surface area (Å²) in [7, 11) is 0. The predicted octanol–water partition coefficient (Wildman–Crippen LogP) is 3.13. The van der Waals surface area contributed by atoms with E-state index in [9.17, 15) is 4.79 Å². The monoisotopic (exact) mass is 357 g/mol. The molecule has 0 fully saturated rings. The van der Waals surface area contributed by atoms with Gasteiger partial charge in [0.1, 0.15) is 5.75 Å². The number of carbonyl (C=O) groups excluding carboxylic acids is 1. The highest BCUT2D eigenvalue weighted by Gasteiger charge is 2.25. The number of hydrogen-bond acceptors (Lipinski definition) is 3. The third-order valence-corrected chi connectivity index (χ3v) is 3.69. The summed E-state index contributed by atoms with van der Waals surface area (Å²) in [5, 5.41) is 12.1. The molecule has 2 N–H and O–H groups in total. The molecule has 0 heterocycles. The van der Waals surface area contributed by atoms with Gasteiger partial charge in [0, 0.05) is 17.1 Å². The zero-order chi connectivity index (χ0) is 15.9. The topological polar surface area (TPSA) is 58.6 Å². The number of amides is 1. The summed E-state index contributed by atoms with van der Waals surface area (Å²) < 4.78 is 6.49. The SMILES string of the molecule is CC(C)(C)C(CCO)NC(=O)CCOc1cccc(Br)c1. The molecule has 118 valence electrons. The first-order valence-electron chi connectivity index (χ1n) is 7.11. The van der Waals surface area contributed by atoms with Crippen LogP contribution in [0.1, 0.15) is 33.6 Å². The molecule has 5 heteroatoms. The van der Waals surface area contributed by atoms with E-state index in [1.807, 2.05) is 45.0 Å². The predicted molar refractivity (Wildman–Crippen MR) is 87.3 cm³/mol. The Hall–Kier alpha value is -1.07. The second kappa shape index (κ2) is 8.39. The Bertz CT molecular complexity index is 457. The molecule has 21 heavy (non-hydrogen) atoms. The Morgan fingerprint density at radius 3 is 2.71 bits per heavy atom. The fourth-order valence-electron chi connectivity index (χ4n) is 1.94. The van der Waals surface area contributed by atoms with Crippen molar-refractivity contribution in [2.45, 2.75) is 39.7 Å². The van der Waals surface area contributed by atoms with Crippen molar-refractivity contribution in [3.05, 3.63) is 28.7 Å². The lowest BCUT2D eigenvalue weighted by molar-refractivity contribution is -0.123. The number of nitrogens with one attached hydrogen (secondary N) is 1. The van der Waals surface area contributed by atoms with Crippen LogP contribution in [0.5, 0.6) is 5.75 Å². The van der Waals surface area contributed by atoms with Crippen LogP contribution in [0.4, 0.5) is 0 Å². The molecule has 4 nitrogen and oxygen atoms in total. The van der Waals surface area contributed by atoms with Gasteiger partial charge >= 0.3 is 0 Å². The number of benzene rings is 1. The number of carbonyl (C=O) groups is 1. The molecule has 0 radical (unpaired) electrons. The quantitative estimate of drug-likeness (QED) is 0.787. The third kappa shape index (κ3) is 6.96. The lowest BCUT2D eigenvalue weighted by Crippen LogP contribution is -2.44. The van der Waals surface area contributed by atoms with Gasteiger partial charge in [-0.1, -0.05) is 42.8 Å². The Morgan fingerprint density at radius 2 is 2.14 bits per heavy atom. The molecule has 1 atom stereocenters. The van der Waals surface area contributed by atoms with E-state index in [4.69, 9.17) is 9.84 Å². The molecular formula is C16H24BrNO3. The standard InChI is InChI=1S/C16H24BrNO3/c1-16(2,3)14(7-9-19)18-15(20)8-10-21-13-6-4-5-12(17)11-13/h4-6,11,14,19H,7-10H2,1-3H3,(H,18,20). The van der Waals surface area contributed by atoms with Crippen LogP contribution in [-0.4, -0.2) is 30.3 Å². The fraction of sp³-hybridized carbons (Fsp3) is 0.562. The summed E-state index contributed by atoms with van der Waals surface area (Å²) in [6, 6.07) is 7.48. The van der Waals surface area contributed by atoms with Gasteiger partial charge in [-0.25, -0.2) is 0 Å². The maximum atomic E-state index is 12.0. The van der Waals surface area contributed by atoms with Crippen molar-refractivity contribution in [2.24, 2.45) is 5.41 Å². The van der Waals surface area contributed by atoms with E-state index in [0.29, 0.717) is 19.4 Å². The summed E-state index contributed by atoms with van der Waals surface area (Å²) >= 11 is 3.37. The van der Waals surface area contributed by atoms with E-state index in [1.54, 1.807) is 0 Å². The zero-order valence-electron chi connectivity index (χ0n) is 12.9. The molecule has 0 bridgehead atoms. The minimum Gasteiger partial charge on any atom is -0.493 e. The van der Waals surface area contributed by atoms with Gasteiger partial charge in [-0.15, -0.1) is 0 Å². The first kappa shape index (κ1) is 18.0. The molecule has 0 aliphatic heterocycles. The molecule has 1 amide bonds. The zero-order valence-corrected chi connectivity index (χ0v) is 14.4. The summed E-state index contributed by atoms with van der Waals surface area (Å²) in [4.78, 5) is 12.0. The maximum Gasteiger partial charge on any atom is 0.223 e. The van der Waals surface area contributed by atoms with Crippen LogP contribution in [0, 0.1) is 5.41 Å². The van der Waals surface area contributed by atoms with Crippen molar-refractivity contribution in [3.63, 3.8) is 0 Å². The van der Waals surface area contributed by atoms with E-state index in [2.05, 4.69) is 21.2 Å². The van der Waals surface area contributed by atoms with Gasteiger partial charge in [0.05, 0.1) is 13.0 Å². The highest BCUT2D eigenvalue weighted by Crippen LogP contribution is 2.22. The Morgan fingerprint density at radius 1 is 1.43 bits per heavy atom. The Kier molecular flexibility index (Phi) is 7.18. The van der Waals surface area contributed by atoms with Crippen LogP contribution in [0.2, 0.25) is 0 Å². The second-order valence-corrected chi connectivity index (χ2v) is 6.97. The molecule has 0 aromatic heterocycles. The number of halogens is 1. The molecule has 1 unspecified atom stereocenters. The molecule has 0 saturated carbocycles. The molecule has 0 saturated heterocycles. The molecular weight excluding hydrogens is 334 g/mol. The molecule has 0 aliphatic rings. The Labute approximate surface area is 135 Å². The van der Waals surface area contributed by atoms with E-state index in [1.165, 1.54) is 0 Å². The van der Waals surface area contributed by atoms with Crippen molar-refractivity contribution in [3.8, 4) is 5.75 Å². The van der Waals surface area contributed by atoms with Crippen LogP contribution in [0.3, 0.4) is 0 Å². The molecule has 0 spiro atoms. The summed E-state index contributed by atoms with van der Waals surface area (Å²) in [6.45, 7) is 6.54. The minimum atomic E-state index is -0.0798. The first-order chi connectivity index (χ1) is 9.82. The average molecular weight is 358 g/mol. The molecule has 1 aromatic carbocycles. The van der Waals surface area contributed by atoms with Crippen LogP contribution < -0.4 is 10.1 Å². The summed E-state index contributed by atoms with van der Waals surface area (Å²) in [5.74, 6) is 0.679. The average Bonchev–Trinajstić information content (AvgIpc) is 2.37. The van der Waals surface area contributed by atoms with Crippen molar-refractivity contribution < 1.29 is 14.6 Å². The number of aliphatic hydroxyl groups is 1. The van der Waals surface area contributed by atoms with Gasteiger partial charge in [-0.05, 0) is 30.0 Å². The highest BCUT2D eigenvalue weighted by molar-refractivity contribution is 9.10. The van der Waals surface area contributed by atoms with E-state index in [0.717, 1.165) is 10.2 Å². The molecule has 0 aliphatic carbocycles. The highest BCUT2D eigenvalue weighted by atomic mass is 79.9. The minimum absolute atomic E-state index is 0.0409. The van der Waals surface area contributed by atoms with Gasteiger partial charge in [0.2, 0.25) is 5.91 Å². The van der Waals surface area contributed by atoms with Gasteiger partial charge < -0.3 is 15.2 Å². The van der Waals surface area contributed by atoms with E-state index >= 15 is 0 Å². The van der Waals surface area contributed by atoms with Crippen LogP contribution in [0.25, 0.3) is 0 Å². The molecule has 1 rings (SSSR count). The van der Waals surface area contributed by atoms with Crippen molar-refractivity contribution >= 4 is 21.8 Å². The van der Waals surface area contributed by atoms with Crippen molar-refractivity contribution in [1.29, 1.82) is 0 Å². The van der Waals surface area contributed by atoms with Crippen molar-refractivity contribution in [1.82, 2.24) is 5.32 Å². The largest absolute Gasteiger partial charge is 0.493 e. The summed E-state index contributed by atoms with van der Waals surface area (Å²) in [5.41, 5.74) is -0.0798. The third-order valence-electron chi connectivity index (χ3n) is 3.19. The first-order valence-corrected chi connectivity index (χ1v) is 7.91. The van der Waals surface area contributed by atoms with E-state index in [-0.39, 0.29) is 24.0 Å². The maximum absolute atomic E-state index is 12.0. The van der Waals surface area contributed by atoms with Gasteiger partial charge in [-0.2, -0.15) is 0 Å². The number of rotatable bonds is 7. The number of aliphatic hydroxyl groups excluding tert-OH is 1. The van der Waals surface area contributed by atoms with Crippen LogP contribution in [0.15, 0.2) is 28.7 Å². The normalized spacial score (nSPS) is 12.8. The second-order valence-electron chi connectivity index (χ2n) is 6.05. The van der Waals surface area contributed by atoms with Crippen LogP contribution >= 0.6 is 15.9 Å². The van der Waals surface area contributed by atoms with Crippen molar-refractivity contribution in [2.75, 3.05) is 13.2 Å². The lowest BCUT2D eigenvalue weighted by atomic mass is 9.85. The number of ether oxygens (including phenoxy) is 1. The Balaban J connectivity index is 2.39. The van der Waals surface area contributed by atoms with Gasteiger partial charge in [0.15, 0.2) is 0 Å². The number of hydrogen-bond donors (Lipinski definition) is 2. The summed E-state index contributed by atoms with van der Waals surface area (Å²) in [6.07, 6.45) is 0.853.